The summed E-state index contributed by atoms with van der Waals surface area (Å²) in [7, 11) is 0. The van der Waals surface area contributed by atoms with E-state index in [0.717, 1.165) is 11.3 Å². The third-order valence-corrected chi connectivity index (χ3v) is 3.71. The fourth-order valence-corrected chi connectivity index (χ4v) is 2.48. The van der Waals surface area contributed by atoms with Crippen LogP contribution in [0.3, 0.4) is 0 Å². The van der Waals surface area contributed by atoms with Crippen LogP contribution in [0.2, 0.25) is 0 Å². The van der Waals surface area contributed by atoms with Crippen molar-refractivity contribution < 1.29 is 9.90 Å². The Morgan fingerprint density at radius 3 is 3.06 bits per heavy atom. The molecule has 0 saturated carbocycles. The molecule has 0 aromatic carbocycles. The molecule has 4 nitrogen and oxygen atoms in total. The molecule has 0 radical (unpaired) electrons. The number of carbonyl (C=O) groups is 1. The molecule has 6 heteroatoms. The Morgan fingerprint density at radius 1 is 1.71 bits per heavy atom. The lowest BCUT2D eigenvalue weighted by Gasteiger charge is -2.14. The van der Waals surface area contributed by atoms with Gasteiger partial charge in [-0.1, -0.05) is 0 Å². The highest BCUT2D eigenvalue weighted by Crippen LogP contribution is 2.15. The zero-order valence-electron chi connectivity index (χ0n) is 9.76. The number of nitrogens with one attached hydrogen (secondary N) is 1. The molecule has 1 aromatic heterocycles. The number of amides is 1. The van der Waals surface area contributed by atoms with Gasteiger partial charge in [0.25, 0.3) is 0 Å². The summed E-state index contributed by atoms with van der Waals surface area (Å²) < 4.78 is 0. The van der Waals surface area contributed by atoms with Crippen molar-refractivity contribution >= 4 is 29.0 Å². The zero-order valence-corrected chi connectivity index (χ0v) is 11.4. The highest BCUT2D eigenvalue weighted by molar-refractivity contribution is 7.98. The molecule has 1 aromatic rings. The number of aliphatic hydroxyl groups is 1. The molecule has 0 fully saturated rings. The van der Waals surface area contributed by atoms with E-state index in [2.05, 4.69) is 5.32 Å². The number of nitrogens with two attached hydrogens (primary N) is 1. The minimum atomic E-state index is -0.655. The van der Waals surface area contributed by atoms with Gasteiger partial charge in [-0.2, -0.15) is 23.1 Å². The molecule has 4 N–H and O–H groups in total. The number of rotatable bonds is 7. The van der Waals surface area contributed by atoms with E-state index in [9.17, 15) is 9.90 Å². The van der Waals surface area contributed by atoms with Crippen molar-refractivity contribution in [1.29, 1.82) is 0 Å². The fourth-order valence-electron chi connectivity index (χ4n) is 1.29. The van der Waals surface area contributed by atoms with Gasteiger partial charge >= 0.3 is 0 Å². The summed E-state index contributed by atoms with van der Waals surface area (Å²) in [6.07, 6.45) is 1.98. The predicted molar refractivity (Wildman–Crippen MR) is 73.3 cm³/mol. The normalized spacial score (nSPS) is 14.3. The van der Waals surface area contributed by atoms with E-state index in [1.54, 1.807) is 11.8 Å². The molecule has 0 saturated heterocycles. The van der Waals surface area contributed by atoms with Gasteiger partial charge in [0.05, 0.1) is 12.1 Å². The molecule has 0 aliphatic rings. The van der Waals surface area contributed by atoms with Crippen LogP contribution in [0.25, 0.3) is 0 Å². The summed E-state index contributed by atoms with van der Waals surface area (Å²) in [5.74, 6) is 0.662. The van der Waals surface area contributed by atoms with Gasteiger partial charge in [-0.15, -0.1) is 0 Å². The maximum Gasteiger partial charge on any atom is 0.237 e. The van der Waals surface area contributed by atoms with Crippen LogP contribution in [0, 0.1) is 0 Å². The maximum absolute atomic E-state index is 11.6. The van der Waals surface area contributed by atoms with E-state index in [1.807, 2.05) is 23.1 Å². The lowest BCUT2D eigenvalue weighted by Crippen LogP contribution is -2.42. The van der Waals surface area contributed by atoms with Gasteiger partial charge in [0, 0.05) is 6.54 Å². The minimum absolute atomic E-state index is 0.201. The number of hydrogen-bond donors (Lipinski definition) is 3. The first-order valence-electron chi connectivity index (χ1n) is 5.37. The Bertz CT molecular complexity index is 330. The molecule has 0 aliphatic heterocycles. The molecule has 1 unspecified atom stereocenters. The van der Waals surface area contributed by atoms with Gasteiger partial charge in [0.15, 0.2) is 0 Å². The first-order valence-corrected chi connectivity index (χ1v) is 7.71. The summed E-state index contributed by atoms with van der Waals surface area (Å²) in [4.78, 5) is 11.6. The molecule has 2 atom stereocenters. The molecule has 1 heterocycles. The molecule has 0 aliphatic carbocycles. The largest absolute Gasteiger partial charge is 0.387 e. The number of hydrogen-bond acceptors (Lipinski definition) is 5. The smallest absolute Gasteiger partial charge is 0.237 e. The lowest BCUT2D eigenvalue weighted by atomic mass is 10.2. The summed E-state index contributed by atoms with van der Waals surface area (Å²) in [5, 5.41) is 16.2. The molecule has 17 heavy (non-hydrogen) atoms. The van der Waals surface area contributed by atoms with Gasteiger partial charge < -0.3 is 16.2 Å². The third kappa shape index (κ3) is 5.08. The Balaban J connectivity index is 2.28. The molecular formula is C11H18N2O2S2. The van der Waals surface area contributed by atoms with Crippen molar-refractivity contribution in [3.8, 4) is 0 Å². The van der Waals surface area contributed by atoms with Gasteiger partial charge in [-0.3, -0.25) is 4.79 Å². The monoisotopic (exact) mass is 274 g/mol. The van der Waals surface area contributed by atoms with Crippen LogP contribution >= 0.6 is 23.1 Å². The van der Waals surface area contributed by atoms with Crippen LogP contribution in [0.5, 0.6) is 0 Å². The van der Waals surface area contributed by atoms with E-state index >= 15 is 0 Å². The Hall–Kier alpha value is -0.560. The highest BCUT2D eigenvalue weighted by atomic mass is 32.2. The second kappa shape index (κ2) is 7.71. The van der Waals surface area contributed by atoms with Gasteiger partial charge in [0.1, 0.15) is 0 Å². The van der Waals surface area contributed by atoms with Gasteiger partial charge in [0.2, 0.25) is 5.91 Å². The SMILES string of the molecule is CSCC[C@H](N)C(=O)NCC(O)c1ccsc1. The number of carbonyl (C=O) groups excluding carboxylic acids is 1. The highest BCUT2D eigenvalue weighted by Gasteiger charge is 2.15. The summed E-state index contributed by atoms with van der Waals surface area (Å²) in [6.45, 7) is 0.211. The van der Waals surface area contributed by atoms with Crippen LogP contribution in [0.1, 0.15) is 18.1 Å². The fraction of sp³-hybridized carbons (Fsp3) is 0.545. The Kier molecular flexibility index (Phi) is 6.57. The third-order valence-electron chi connectivity index (χ3n) is 2.37. The summed E-state index contributed by atoms with van der Waals surface area (Å²) >= 11 is 3.18. The van der Waals surface area contributed by atoms with Gasteiger partial charge in [-0.25, -0.2) is 0 Å². The first-order chi connectivity index (χ1) is 8.15. The summed E-state index contributed by atoms with van der Waals surface area (Å²) in [5.41, 5.74) is 6.53. The van der Waals surface area contributed by atoms with Crippen LogP contribution in [-0.4, -0.2) is 35.6 Å². The van der Waals surface area contributed by atoms with Crippen molar-refractivity contribution in [1.82, 2.24) is 5.32 Å². The van der Waals surface area contributed by atoms with Crippen molar-refractivity contribution in [2.75, 3.05) is 18.6 Å². The molecule has 96 valence electrons. The number of thioether (sulfide) groups is 1. The van der Waals surface area contributed by atoms with E-state index in [0.29, 0.717) is 6.42 Å². The number of aliphatic hydroxyl groups excluding tert-OH is 1. The number of thiophene rings is 1. The average molecular weight is 274 g/mol. The van der Waals surface area contributed by atoms with Crippen LogP contribution < -0.4 is 11.1 Å². The van der Waals surface area contributed by atoms with Crippen LogP contribution in [0.4, 0.5) is 0 Å². The van der Waals surface area contributed by atoms with E-state index in [1.165, 1.54) is 11.3 Å². The average Bonchev–Trinajstić information content (AvgIpc) is 2.86. The van der Waals surface area contributed by atoms with Crippen LogP contribution in [-0.2, 0) is 4.79 Å². The quantitative estimate of drug-likeness (QED) is 0.693. The predicted octanol–water partition coefficient (Wildman–Crippen LogP) is 0.978. The topological polar surface area (TPSA) is 75.4 Å². The lowest BCUT2D eigenvalue weighted by molar-refractivity contribution is -0.122. The second-order valence-electron chi connectivity index (χ2n) is 3.71. The minimum Gasteiger partial charge on any atom is -0.387 e. The molecule has 1 amide bonds. The standard InChI is InChI=1S/C11H18N2O2S2/c1-16-4-3-9(12)11(15)13-6-10(14)8-2-5-17-7-8/h2,5,7,9-10,14H,3-4,6,12H2,1H3,(H,13,15)/t9-,10?/m0/s1. The second-order valence-corrected chi connectivity index (χ2v) is 5.47. The van der Waals surface area contributed by atoms with Crippen LogP contribution in [0.15, 0.2) is 16.8 Å². The molecule has 1 rings (SSSR count). The molecular weight excluding hydrogens is 256 g/mol. The zero-order chi connectivity index (χ0) is 12.7. The van der Waals surface area contributed by atoms with E-state index in [4.69, 9.17) is 5.73 Å². The Labute approximate surface area is 110 Å². The molecule has 0 spiro atoms. The van der Waals surface area contributed by atoms with E-state index < -0.39 is 12.1 Å². The van der Waals surface area contributed by atoms with Gasteiger partial charge in [-0.05, 0) is 40.8 Å². The summed E-state index contributed by atoms with van der Waals surface area (Å²) in [6, 6.07) is 1.35. The van der Waals surface area contributed by atoms with Crippen molar-refractivity contribution in [3.63, 3.8) is 0 Å². The first kappa shape index (κ1) is 14.5. The maximum atomic E-state index is 11.6. The van der Waals surface area contributed by atoms with Crippen molar-refractivity contribution in [2.45, 2.75) is 18.6 Å². The van der Waals surface area contributed by atoms with Crippen molar-refractivity contribution in [2.24, 2.45) is 5.73 Å². The Morgan fingerprint density at radius 2 is 2.47 bits per heavy atom. The van der Waals surface area contributed by atoms with E-state index in [-0.39, 0.29) is 12.5 Å². The molecule has 0 bridgehead atoms. The van der Waals surface area contributed by atoms with Crippen molar-refractivity contribution in [3.05, 3.63) is 22.4 Å².